The Kier molecular flexibility index (Phi) is 12.9. The van der Waals surface area contributed by atoms with Gasteiger partial charge in [0.25, 0.3) is 0 Å². The summed E-state index contributed by atoms with van der Waals surface area (Å²) >= 11 is 0. The van der Waals surface area contributed by atoms with E-state index in [1.807, 2.05) is 20.0 Å². The topological polar surface area (TPSA) is 50.5 Å². The van der Waals surface area contributed by atoms with Crippen molar-refractivity contribution in [3.8, 4) is 0 Å². The Hall–Kier alpha value is -1.00. The molecule has 3 N–H and O–H groups in total. The molecule has 0 bridgehead atoms. The van der Waals surface area contributed by atoms with E-state index in [1.54, 1.807) is 5.01 Å². The SMILES string of the molecule is C=C(CCCCCCCN(N)/C=C(\C)COC(C)C)NC(C)C. The van der Waals surface area contributed by atoms with E-state index in [4.69, 9.17) is 10.6 Å². The Balaban J connectivity index is 3.57. The second kappa shape index (κ2) is 13.4. The van der Waals surface area contributed by atoms with Gasteiger partial charge in [-0.15, -0.1) is 0 Å². The molecule has 0 unspecified atom stereocenters. The summed E-state index contributed by atoms with van der Waals surface area (Å²) in [6.07, 6.45) is 9.45. The first kappa shape index (κ1) is 22.0. The van der Waals surface area contributed by atoms with E-state index in [0.29, 0.717) is 12.6 Å². The van der Waals surface area contributed by atoms with E-state index in [2.05, 4.69) is 32.7 Å². The van der Waals surface area contributed by atoms with Crippen molar-refractivity contribution < 1.29 is 4.74 Å². The van der Waals surface area contributed by atoms with Gasteiger partial charge in [-0.25, -0.2) is 5.84 Å². The van der Waals surface area contributed by atoms with Gasteiger partial charge in [0.2, 0.25) is 0 Å². The van der Waals surface area contributed by atoms with E-state index in [9.17, 15) is 0 Å². The van der Waals surface area contributed by atoms with E-state index < -0.39 is 0 Å². The Labute approximate surface area is 144 Å². The fourth-order valence-electron chi connectivity index (χ4n) is 2.33. The third kappa shape index (κ3) is 15.7. The molecule has 0 aliphatic rings. The molecule has 0 saturated heterocycles. The summed E-state index contributed by atoms with van der Waals surface area (Å²) in [6.45, 7) is 16.0. The number of nitrogens with one attached hydrogen (secondary N) is 1. The minimum absolute atomic E-state index is 0.261. The highest BCUT2D eigenvalue weighted by molar-refractivity contribution is 4.96. The van der Waals surface area contributed by atoms with Crippen LogP contribution in [0, 0.1) is 0 Å². The third-order valence-electron chi connectivity index (χ3n) is 3.42. The van der Waals surface area contributed by atoms with Gasteiger partial charge in [0.15, 0.2) is 0 Å². The van der Waals surface area contributed by atoms with Crippen LogP contribution in [0.4, 0.5) is 0 Å². The summed E-state index contributed by atoms with van der Waals surface area (Å²) in [5.74, 6) is 5.99. The van der Waals surface area contributed by atoms with Gasteiger partial charge in [-0.2, -0.15) is 0 Å². The Morgan fingerprint density at radius 1 is 1.13 bits per heavy atom. The van der Waals surface area contributed by atoms with E-state index in [1.165, 1.54) is 25.7 Å². The average Bonchev–Trinajstić information content (AvgIpc) is 2.43. The highest BCUT2D eigenvalue weighted by Gasteiger charge is 1.99. The number of hydrogen-bond donors (Lipinski definition) is 2. The minimum atomic E-state index is 0.261. The van der Waals surface area contributed by atoms with Gasteiger partial charge in [-0.1, -0.05) is 25.8 Å². The lowest BCUT2D eigenvalue weighted by Crippen LogP contribution is -2.27. The average molecular weight is 326 g/mol. The van der Waals surface area contributed by atoms with Crippen LogP contribution in [0.25, 0.3) is 0 Å². The number of unbranched alkanes of at least 4 members (excludes halogenated alkanes) is 4. The van der Waals surface area contributed by atoms with Crippen molar-refractivity contribution in [3.63, 3.8) is 0 Å². The molecular weight excluding hydrogens is 286 g/mol. The number of hydrazine groups is 1. The van der Waals surface area contributed by atoms with Crippen molar-refractivity contribution in [2.45, 2.75) is 85.3 Å². The first-order valence-corrected chi connectivity index (χ1v) is 9.05. The van der Waals surface area contributed by atoms with Crippen molar-refractivity contribution in [2.24, 2.45) is 5.84 Å². The fourth-order valence-corrected chi connectivity index (χ4v) is 2.33. The van der Waals surface area contributed by atoms with Gasteiger partial charge in [0.05, 0.1) is 12.7 Å². The molecule has 4 nitrogen and oxygen atoms in total. The number of nitrogens with zero attached hydrogens (tertiary/aromatic N) is 1. The van der Waals surface area contributed by atoms with Crippen molar-refractivity contribution in [3.05, 3.63) is 24.0 Å². The third-order valence-corrected chi connectivity index (χ3v) is 3.42. The first-order valence-electron chi connectivity index (χ1n) is 9.05. The molecule has 0 atom stereocenters. The summed E-state index contributed by atoms with van der Waals surface area (Å²) < 4.78 is 5.55. The molecular formula is C19H39N3O. The van der Waals surface area contributed by atoms with Crippen molar-refractivity contribution in [2.75, 3.05) is 13.2 Å². The van der Waals surface area contributed by atoms with Crippen LogP contribution >= 0.6 is 0 Å². The van der Waals surface area contributed by atoms with Gasteiger partial charge in [0.1, 0.15) is 0 Å². The standard InChI is InChI=1S/C19H39N3O/c1-16(2)21-19(6)12-10-8-7-9-11-13-22(20)14-18(5)15-23-17(3)4/h14,16-17,21H,6-13,15,20H2,1-5H3/b18-14+. The molecule has 0 aromatic heterocycles. The first-order chi connectivity index (χ1) is 10.8. The molecule has 0 aliphatic heterocycles. The van der Waals surface area contributed by atoms with Crippen LogP contribution in [0.5, 0.6) is 0 Å². The van der Waals surface area contributed by atoms with Gasteiger partial charge in [0, 0.05) is 24.5 Å². The number of hydrogen-bond acceptors (Lipinski definition) is 4. The molecule has 23 heavy (non-hydrogen) atoms. The van der Waals surface area contributed by atoms with Gasteiger partial charge >= 0.3 is 0 Å². The maximum atomic E-state index is 5.99. The largest absolute Gasteiger partial charge is 0.387 e. The molecule has 0 fully saturated rings. The lowest BCUT2D eigenvalue weighted by atomic mass is 10.1. The predicted octanol–water partition coefficient (Wildman–Crippen LogP) is 4.34. The van der Waals surface area contributed by atoms with E-state index in [-0.39, 0.29) is 6.10 Å². The predicted molar refractivity (Wildman–Crippen MR) is 101 cm³/mol. The minimum Gasteiger partial charge on any atom is -0.387 e. The Bertz CT molecular complexity index is 338. The van der Waals surface area contributed by atoms with Crippen LogP contribution in [-0.4, -0.2) is 30.3 Å². The number of allylic oxidation sites excluding steroid dienone is 1. The lowest BCUT2D eigenvalue weighted by molar-refractivity contribution is 0.0963. The zero-order chi connectivity index (χ0) is 17.7. The fraction of sp³-hybridized carbons (Fsp3) is 0.789. The van der Waals surface area contributed by atoms with Crippen LogP contribution in [0.1, 0.15) is 73.1 Å². The van der Waals surface area contributed by atoms with E-state index in [0.717, 1.165) is 30.7 Å². The number of nitrogens with two attached hydrogens (primary N) is 1. The van der Waals surface area contributed by atoms with Crippen LogP contribution in [0.15, 0.2) is 24.0 Å². The molecule has 0 radical (unpaired) electrons. The lowest BCUT2D eigenvalue weighted by Gasteiger charge is -2.16. The van der Waals surface area contributed by atoms with Crippen LogP contribution in [-0.2, 0) is 4.74 Å². The summed E-state index contributed by atoms with van der Waals surface area (Å²) in [4.78, 5) is 0. The molecule has 0 aliphatic carbocycles. The van der Waals surface area contributed by atoms with E-state index >= 15 is 0 Å². The second-order valence-electron chi connectivity index (χ2n) is 6.99. The molecule has 0 rings (SSSR count). The molecule has 4 heteroatoms. The molecule has 0 spiro atoms. The Morgan fingerprint density at radius 3 is 2.35 bits per heavy atom. The van der Waals surface area contributed by atoms with Crippen LogP contribution in [0.2, 0.25) is 0 Å². The van der Waals surface area contributed by atoms with Crippen molar-refractivity contribution >= 4 is 0 Å². The summed E-state index contributed by atoms with van der Waals surface area (Å²) in [5, 5.41) is 5.15. The van der Waals surface area contributed by atoms with Crippen molar-refractivity contribution in [1.29, 1.82) is 0 Å². The van der Waals surface area contributed by atoms with Gasteiger partial charge in [-0.05, 0) is 59.5 Å². The monoisotopic (exact) mass is 325 g/mol. The molecule has 0 amide bonds. The van der Waals surface area contributed by atoms with Gasteiger partial charge < -0.3 is 15.1 Å². The summed E-state index contributed by atoms with van der Waals surface area (Å²) in [7, 11) is 0. The maximum Gasteiger partial charge on any atom is 0.0695 e. The highest BCUT2D eigenvalue weighted by Crippen LogP contribution is 2.09. The smallest absolute Gasteiger partial charge is 0.0695 e. The number of rotatable bonds is 14. The Morgan fingerprint density at radius 2 is 1.74 bits per heavy atom. The quantitative estimate of drug-likeness (QED) is 0.283. The molecule has 0 aromatic carbocycles. The summed E-state index contributed by atoms with van der Waals surface area (Å²) in [6, 6.07) is 0.487. The zero-order valence-electron chi connectivity index (χ0n) is 16.0. The van der Waals surface area contributed by atoms with Crippen LogP contribution in [0.3, 0.4) is 0 Å². The second-order valence-corrected chi connectivity index (χ2v) is 6.99. The maximum absolute atomic E-state index is 5.99. The number of ether oxygens (including phenoxy) is 1. The van der Waals surface area contributed by atoms with Gasteiger partial charge in [-0.3, -0.25) is 0 Å². The van der Waals surface area contributed by atoms with Crippen molar-refractivity contribution in [1.82, 2.24) is 10.3 Å². The normalized spacial score (nSPS) is 12.1. The molecule has 0 heterocycles. The molecule has 0 aromatic rings. The zero-order valence-corrected chi connectivity index (χ0v) is 16.0. The summed E-state index contributed by atoms with van der Waals surface area (Å²) in [5.41, 5.74) is 2.33. The molecule has 136 valence electrons. The highest BCUT2D eigenvalue weighted by atomic mass is 16.5. The molecule has 0 saturated carbocycles. The van der Waals surface area contributed by atoms with Crippen LogP contribution < -0.4 is 11.2 Å².